The van der Waals surface area contributed by atoms with E-state index in [2.05, 4.69) is 5.32 Å². The fourth-order valence-corrected chi connectivity index (χ4v) is 4.59. The number of methoxy groups -OCH3 is 3. The van der Waals surface area contributed by atoms with Gasteiger partial charge in [-0.15, -0.1) is 0 Å². The summed E-state index contributed by atoms with van der Waals surface area (Å²) in [5.74, 6) is -0.140. The van der Waals surface area contributed by atoms with Crippen LogP contribution in [0.25, 0.3) is 0 Å². The van der Waals surface area contributed by atoms with Crippen molar-refractivity contribution in [2.75, 3.05) is 54.2 Å². The minimum atomic E-state index is -1.20. The van der Waals surface area contributed by atoms with Crippen molar-refractivity contribution in [3.8, 4) is 11.5 Å². The first-order valence-corrected chi connectivity index (χ1v) is 12.4. The van der Waals surface area contributed by atoms with E-state index in [0.29, 0.717) is 21.0 Å². The lowest BCUT2D eigenvalue weighted by Gasteiger charge is -2.40. The Hall–Kier alpha value is -2.26. The molecule has 1 aromatic carbocycles. The second-order valence-corrected chi connectivity index (χ2v) is 9.15. The second kappa shape index (κ2) is 15.1. The van der Waals surface area contributed by atoms with Crippen LogP contribution in [0.1, 0.15) is 23.2 Å². The number of aldehydes is 1. The van der Waals surface area contributed by atoms with E-state index < -0.39 is 24.2 Å². The molecule has 0 saturated heterocycles. The first-order valence-electron chi connectivity index (χ1n) is 11.4. The summed E-state index contributed by atoms with van der Waals surface area (Å²) in [7, 11) is 4.42. The number of hydrogen-bond acceptors (Lipinski definition) is 9. The van der Waals surface area contributed by atoms with Gasteiger partial charge in [-0.2, -0.15) is 0 Å². The summed E-state index contributed by atoms with van der Waals surface area (Å²) < 4.78 is 22.3. The van der Waals surface area contributed by atoms with E-state index in [0.717, 1.165) is 0 Å². The Bertz CT molecular complexity index is 940. The Morgan fingerprint density at radius 2 is 1.94 bits per heavy atom. The van der Waals surface area contributed by atoms with E-state index in [1.54, 1.807) is 6.07 Å². The zero-order valence-electron chi connectivity index (χ0n) is 20.6. The molecule has 0 radical (unpaired) electrons. The van der Waals surface area contributed by atoms with Gasteiger partial charge < -0.3 is 39.4 Å². The summed E-state index contributed by atoms with van der Waals surface area (Å²) in [5, 5.41) is 23.1. The van der Waals surface area contributed by atoms with Gasteiger partial charge in [0.15, 0.2) is 11.5 Å². The molecular weight excluding hydrogens is 587 g/mol. The number of benzene rings is 1. The molecule has 0 saturated carbocycles. The van der Waals surface area contributed by atoms with Gasteiger partial charge in [-0.05, 0) is 40.8 Å². The lowest BCUT2D eigenvalue weighted by molar-refractivity contribution is -0.140. The van der Waals surface area contributed by atoms with Crippen molar-refractivity contribution >= 4 is 40.7 Å². The number of amides is 2. The second-order valence-electron chi connectivity index (χ2n) is 7.99. The fraction of sp³-hybridized carbons (Fsp3) is 0.542. The maximum atomic E-state index is 13.0. The Morgan fingerprint density at radius 1 is 1.22 bits per heavy atom. The maximum absolute atomic E-state index is 13.0. The minimum absolute atomic E-state index is 0.0496. The first kappa shape index (κ1) is 30.0. The predicted molar refractivity (Wildman–Crippen MR) is 138 cm³/mol. The smallest absolute Gasteiger partial charge is 0.247 e. The molecule has 1 aliphatic rings. The molecule has 1 aromatic rings. The number of ether oxygens (including phenoxy) is 4. The van der Waals surface area contributed by atoms with E-state index in [1.165, 1.54) is 38.4 Å². The molecule has 3 unspecified atom stereocenters. The number of aliphatic hydroxyl groups is 2. The van der Waals surface area contributed by atoms with Gasteiger partial charge in [-0.25, -0.2) is 0 Å². The molecule has 3 atom stereocenters. The van der Waals surface area contributed by atoms with Gasteiger partial charge in [0.1, 0.15) is 18.5 Å². The van der Waals surface area contributed by atoms with Crippen molar-refractivity contribution in [1.29, 1.82) is 0 Å². The minimum Gasteiger partial charge on any atom is -0.493 e. The Kier molecular flexibility index (Phi) is 12.6. The van der Waals surface area contributed by atoms with Gasteiger partial charge in [0.25, 0.3) is 0 Å². The SMILES string of the molecule is COCCC(=O)N(CCOC)C1CC(C(=O)NCCO)=CC(Oc2c(I)cc(C=O)cc2OC)C1O. The van der Waals surface area contributed by atoms with Crippen molar-refractivity contribution in [2.45, 2.75) is 31.1 Å². The van der Waals surface area contributed by atoms with E-state index in [9.17, 15) is 19.5 Å². The zero-order chi connectivity index (χ0) is 26.7. The van der Waals surface area contributed by atoms with E-state index >= 15 is 0 Å². The molecule has 36 heavy (non-hydrogen) atoms. The van der Waals surface area contributed by atoms with Crippen molar-refractivity contribution in [3.05, 3.63) is 32.9 Å². The highest BCUT2D eigenvalue weighted by atomic mass is 127. The van der Waals surface area contributed by atoms with E-state index in [-0.39, 0.29) is 63.2 Å². The molecular formula is C24H33IN2O9. The topological polar surface area (TPSA) is 144 Å². The summed E-state index contributed by atoms with van der Waals surface area (Å²) in [4.78, 5) is 38.6. The van der Waals surface area contributed by atoms with Crippen LogP contribution in [0.3, 0.4) is 0 Å². The van der Waals surface area contributed by atoms with Crippen molar-refractivity contribution in [2.24, 2.45) is 0 Å². The monoisotopic (exact) mass is 620 g/mol. The van der Waals surface area contributed by atoms with Crippen LogP contribution in [0.2, 0.25) is 0 Å². The number of rotatable bonds is 14. The zero-order valence-corrected chi connectivity index (χ0v) is 22.7. The summed E-state index contributed by atoms with van der Waals surface area (Å²) in [6.45, 7) is 0.423. The molecule has 2 rings (SSSR count). The summed E-state index contributed by atoms with van der Waals surface area (Å²) in [5.41, 5.74) is 0.684. The van der Waals surface area contributed by atoms with Gasteiger partial charge >= 0.3 is 0 Å². The number of hydrogen-bond donors (Lipinski definition) is 3. The van der Waals surface area contributed by atoms with E-state index in [1.807, 2.05) is 22.6 Å². The molecule has 12 heteroatoms. The first-order chi connectivity index (χ1) is 17.3. The van der Waals surface area contributed by atoms with Crippen LogP contribution in [0, 0.1) is 3.57 Å². The highest BCUT2D eigenvalue weighted by molar-refractivity contribution is 14.1. The van der Waals surface area contributed by atoms with Crippen molar-refractivity contribution in [1.82, 2.24) is 10.2 Å². The van der Waals surface area contributed by atoms with Crippen LogP contribution in [0.4, 0.5) is 0 Å². The Balaban J connectivity index is 2.48. The lowest BCUT2D eigenvalue weighted by atomic mass is 9.88. The molecule has 3 N–H and O–H groups in total. The van der Waals surface area contributed by atoms with Gasteiger partial charge in [-0.3, -0.25) is 14.4 Å². The number of carbonyl (C=O) groups excluding carboxylic acids is 3. The summed E-state index contributed by atoms with van der Waals surface area (Å²) in [6, 6.07) is 2.32. The number of nitrogens with zero attached hydrogens (tertiary/aromatic N) is 1. The van der Waals surface area contributed by atoms with Gasteiger partial charge in [0.05, 0.1) is 43.0 Å². The Morgan fingerprint density at radius 3 is 2.56 bits per heavy atom. The van der Waals surface area contributed by atoms with Gasteiger partial charge in [0, 0.05) is 44.9 Å². The summed E-state index contributed by atoms with van der Waals surface area (Å²) >= 11 is 1.99. The molecule has 11 nitrogen and oxygen atoms in total. The standard InChI is InChI=1S/C24H33IN2O9/c1-33-8-4-21(30)27(6-9-34-2)18-12-16(24(32)26-5-7-28)13-19(22(18)31)36-23-17(25)10-15(14-29)11-20(23)35-3/h10-11,13-14,18-19,22,28,31H,4-9,12H2,1-3H3,(H,26,32). The highest BCUT2D eigenvalue weighted by Crippen LogP contribution is 2.37. The molecule has 0 aliphatic heterocycles. The average Bonchev–Trinajstić information content (AvgIpc) is 2.88. The number of nitrogens with one attached hydrogen (secondary N) is 1. The van der Waals surface area contributed by atoms with Gasteiger partial charge in [-0.1, -0.05) is 0 Å². The molecule has 0 spiro atoms. The normalized spacial score (nSPS) is 19.3. The molecule has 200 valence electrons. The number of carbonyl (C=O) groups is 3. The quantitative estimate of drug-likeness (QED) is 0.201. The predicted octanol–water partition coefficient (Wildman–Crippen LogP) is 0.539. The van der Waals surface area contributed by atoms with Crippen LogP contribution >= 0.6 is 22.6 Å². The highest BCUT2D eigenvalue weighted by Gasteiger charge is 2.40. The van der Waals surface area contributed by atoms with E-state index in [4.69, 9.17) is 24.1 Å². The largest absolute Gasteiger partial charge is 0.493 e. The average molecular weight is 620 g/mol. The van der Waals surface area contributed by atoms with Crippen LogP contribution < -0.4 is 14.8 Å². The molecule has 2 amide bonds. The summed E-state index contributed by atoms with van der Waals surface area (Å²) in [6.07, 6.45) is 0.119. The third-order valence-electron chi connectivity index (χ3n) is 5.63. The van der Waals surface area contributed by atoms with Gasteiger partial charge in [0.2, 0.25) is 11.8 Å². The van der Waals surface area contributed by atoms with Crippen LogP contribution in [0.5, 0.6) is 11.5 Å². The van der Waals surface area contributed by atoms with Crippen LogP contribution in [-0.2, 0) is 19.1 Å². The Labute approximate surface area is 223 Å². The molecule has 0 aromatic heterocycles. The van der Waals surface area contributed by atoms with Crippen molar-refractivity contribution in [3.63, 3.8) is 0 Å². The number of halogens is 1. The lowest BCUT2D eigenvalue weighted by Crippen LogP contribution is -2.56. The van der Waals surface area contributed by atoms with Crippen molar-refractivity contribution < 1.29 is 43.5 Å². The molecule has 1 aliphatic carbocycles. The van der Waals surface area contributed by atoms with Crippen LogP contribution in [0.15, 0.2) is 23.8 Å². The maximum Gasteiger partial charge on any atom is 0.247 e. The molecule has 0 fully saturated rings. The molecule has 0 heterocycles. The third-order valence-corrected chi connectivity index (χ3v) is 6.43. The van der Waals surface area contributed by atoms with Crippen LogP contribution in [-0.4, -0.2) is 106 Å². The fourth-order valence-electron chi connectivity index (χ4n) is 3.84. The third kappa shape index (κ3) is 7.87. The molecule has 0 bridgehead atoms. The number of aliphatic hydroxyl groups excluding tert-OH is 2.